The van der Waals surface area contributed by atoms with Crippen LogP contribution in [0.5, 0.6) is 0 Å². The van der Waals surface area contributed by atoms with Gasteiger partial charge in [0, 0.05) is 56.8 Å². The number of amides is 2. The molecule has 0 radical (unpaired) electrons. The number of piperazine rings is 1. The molecule has 2 N–H and O–H groups in total. The van der Waals surface area contributed by atoms with Gasteiger partial charge in [-0.2, -0.15) is 0 Å². The molecular formula is C37H48ClN5O2. The molecule has 1 saturated heterocycles. The minimum absolute atomic E-state index is 0.0241. The van der Waals surface area contributed by atoms with E-state index in [9.17, 15) is 9.59 Å². The summed E-state index contributed by atoms with van der Waals surface area (Å²) in [6.45, 7) is 11.1. The van der Waals surface area contributed by atoms with Gasteiger partial charge in [0.2, 0.25) is 11.8 Å². The van der Waals surface area contributed by atoms with Crippen molar-refractivity contribution in [1.82, 2.24) is 25.3 Å². The van der Waals surface area contributed by atoms with Crippen molar-refractivity contribution >= 4 is 23.4 Å². The van der Waals surface area contributed by atoms with E-state index in [0.717, 1.165) is 51.1 Å². The van der Waals surface area contributed by atoms with Gasteiger partial charge in [-0.15, -0.1) is 0 Å². The van der Waals surface area contributed by atoms with Crippen LogP contribution in [-0.4, -0.2) is 84.4 Å². The topological polar surface area (TPSA) is 67.9 Å². The summed E-state index contributed by atoms with van der Waals surface area (Å²) < 4.78 is 0. The summed E-state index contributed by atoms with van der Waals surface area (Å²) in [5.41, 5.74) is 4.69. The largest absolute Gasteiger partial charge is 0.343 e. The van der Waals surface area contributed by atoms with Gasteiger partial charge < -0.3 is 20.4 Å². The predicted octanol–water partition coefficient (Wildman–Crippen LogP) is 5.09. The van der Waals surface area contributed by atoms with Crippen molar-refractivity contribution < 1.29 is 9.59 Å². The van der Waals surface area contributed by atoms with Gasteiger partial charge in [-0.25, -0.2) is 0 Å². The van der Waals surface area contributed by atoms with Crippen molar-refractivity contribution in [3.05, 3.63) is 106 Å². The second kappa shape index (κ2) is 16.4. The molecule has 1 fully saturated rings. The summed E-state index contributed by atoms with van der Waals surface area (Å²) in [6, 6.07) is 25.8. The van der Waals surface area contributed by atoms with E-state index in [0.29, 0.717) is 37.5 Å². The highest BCUT2D eigenvalue weighted by molar-refractivity contribution is 6.30. The quantitative estimate of drug-likeness (QED) is 0.276. The van der Waals surface area contributed by atoms with Crippen molar-refractivity contribution in [2.75, 3.05) is 45.8 Å². The molecule has 3 unspecified atom stereocenters. The zero-order valence-electron chi connectivity index (χ0n) is 26.8. The average Bonchev–Trinajstić information content (AvgIpc) is 3.08. The summed E-state index contributed by atoms with van der Waals surface area (Å²) >= 11 is 6.15. The van der Waals surface area contributed by atoms with E-state index in [4.69, 9.17) is 11.6 Å². The first kappa shape index (κ1) is 33.1. The van der Waals surface area contributed by atoms with E-state index >= 15 is 0 Å². The summed E-state index contributed by atoms with van der Waals surface area (Å²) in [5.74, 6) is -0.157. The molecule has 2 aliphatic heterocycles. The van der Waals surface area contributed by atoms with Gasteiger partial charge in [0.05, 0.1) is 6.04 Å². The number of rotatable bonds is 13. The lowest BCUT2D eigenvalue weighted by atomic mass is 9.95. The molecule has 2 heterocycles. The fraction of sp³-hybridized carbons (Fsp3) is 0.459. The smallest absolute Gasteiger partial charge is 0.245 e. The molecule has 0 aromatic heterocycles. The first-order valence-corrected chi connectivity index (χ1v) is 17.0. The molecule has 0 saturated carbocycles. The number of nitrogens with one attached hydrogen (secondary N) is 2. The Kier molecular flexibility index (Phi) is 12.1. The monoisotopic (exact) mass is 629 g/mol. The maximum Gasteiger partial charge on any atom is 0.245 e. The van der Waals surface area contributed by atoms with Gasteiger partial charge in [0.15, 0.2) is 0 Å². The van der Waals surface area contributed by atoms with Crippen LogP contribution in [0.4, 0.5) is 0 Å². The van der Waals surface area contributed by atoms with Crippen molar-refractivity contribution in [2.45, 2.75) is 64.2 Å². The van der Waals surface area contributed by atoms with Crippen LogP contribution in [0.25, 0.3) is 0 Å². The molecule has 3 aromatic carbocycles. The van der Waals surface area contributed by atoms with E-state index in [1.54, 1.807) is 0 Å². The second-order valence-corrected chi connectivity index (χ2v) is 12.8. The Morgan fingerprint density at radius 2 is 1.53 bits per heavy atom. The summed E-state index contributed by atoms with van der Waals surface area (Å²) in [5, 5.41) is 7.17. The normalized spacial score (nSPS) is 18.3. The van der Waals surface area contributed by atoms with Gasteiger partial charge >= 0.3 is 0 Å². The maximum atomic E-state index is 14.1. The van der Waals surface area contributed by atoms with Crippen LogP contribution in [0.15, 0.2) is 78.9 Å². The minimum atomic E-state index is -0.654. The summed E-state index contributed by atoms with van der Waals surface area (Å²) in [4.78, 5) is 34.8. The molecule has 2 aliphatic rings. The van der Waals surface area contributed by atoms with E-state index in [2.05, 4.69) is 76.7 Å². The number of carbonyl (C=O) groups excluding carboxylic acids is 2. The molecule has 0 bridgehead atoms. The Morgan fingerprint density at radius 1 is 0.889 bits per heavy atom. The van der Waals surface area contributed by atoms with Crippen LogP contribution in [0.3, 0.4) is 0 Å². The standard InChI is InChI=1S/C37H48ClN5O2/c1-3-18-41(19-4-2)27-35(29-10-6-5-7-11-29)42-20-22-43(23-21-42)37(45)34(24-28-14-16-32(38)17-15-28)40-36(44)33-25-30-12-8-9-13-31(30)26-39-33/h5-17,33-35,39H,3-4,18-27H2,1-2H3,(H,40,44). The third kappa shape index (κ3) is 8.95. The minimum Gasteiger partial charge on any atom is -0.343 e. The molecule has 45 heavy (non-hydrogen) atoms. The Morgan fingerprint density at radius 3 is 2.20 bits per heavy atom. The Bertz CT molecular complexity index is 1370. The van der Waals surface area contributed by atoms with Crippen LogP contribution < -0.4 is 10.6 Å². The molecule has 240 valence electrons. The molecule has 2 amide bonds. The number of benzene rings is 3. The highest BCUT2D eigenvalue weighted by Crippen LogP contribution is 2.25. The lowest BCUT2D eigenvalue weighted by molar-refractivity contribution is -0.138. The number of nitrogens with zero attached hydrogens (tertiary/aromatic N) is 3. The Hall–Kier alpha value is -3.23. The molecule has 3 atom stereocenters. The van der Waals surface area contributed by atoms with E-state index in [-0.39, 0.29) is 23.9 Å². The van der Waals surface area contributed by atoms with E-state index in [1.165, 1.54) is 16.7 Å². The molecular weight excluding hydrogens is 582 g/mol. The van der Waals surface area contributed by atoms with Crippen molar-refractivity contribution in [3.8, 4) is 0 Å². The van der Waals surface area contributed by atoms with E-state index < -0.39 is 6.04 Å². The van der Waals surface area contributed by atoms with Crippen molar-refractivity contribution in [3.63, 3.8) is 0 Å². The third-order valence-corrected chi connectivity index (χ3v) is 9.38. The molecule has 0 aliphatic carbocycles. The molecule has 3 aromatic rings. The SMILES string of the molecule is CCCN(CCC)CC(c1ccccc1)N1CCN(C(=O)C(Cc2ccc(Cl)cc2)NC(=O)C2Cc3ccccc3CN2)CC1. The Balaban J connectivity index is 1.27. The first-order valence-electron chi connectivity index (χ1n) is 16.6. The first-order chi connectivity index (χ1) is 21.9. The Labute approximate surface area is 273 Å². The second-order valence-electron chi connectivity index (χ2n) is 12.4. The maximum absolute atomic E-state index is 14.1. The van der Waals surface area contributed by atoms with Crippen molar-refractivity contribution in [2.24, 2.45) is 0 Å². The highest BCUT2D eigenvalue weighted by atomic mass is 35.5. The van der Waals surface area contributed by atoms with Crippen LogP contribution in [0.2, 0.25) is 5.02 Å². The summed E-state index contributed by atoms with van der Waals surface area (Å²) in [6.07, 6.45) is 3.29. The zero-order valence-corrected chi connectivity index (χ0v) is 27.5. The van der Waals surface area contributed by atoms with Crippen LogP contribution >= 0.6 is 11.6 Å². The molecule has 8 heteroatoms. The lowest BCUT2D eigenvalue weighted by Gasteiger charge is -2.42. The van der Waals surface area contributed by atoms with Crippen molar-refractivity contribution in [1.29, 1.82) is 0 Å². The van der Waals surface area contributed by atoms with Gasteiger partial charge in [-0.1, -0.05) is 92.2 Å². The van der Waals surface area contributed by atoms with Crippen LogP contribution in [0.1, 0.15) is 55.0 Å². The number of hydrogen-bond acceptors (Lipinski definition) is 5. The van der Waals surface area contributed by atoms with Crippen LogP contribution in [-0.2, 0) is 29.0 Å². The zero-order chi connectivity index (χ0) is 31.6. The van der Waals surface area contributed by atoms with E-state index in [1.807, 2.05) is 41.3 Å². The number of halogens is 1. The number of hydrogen-bond donors (Lipinski definition) is 2. The predicted molar refractivity (Wildman–Crippen MR) is 182 cm³/mol. The number of fused-ring (bicyclic) bond motifs is 1. The van der Waals surface area contributed by atoms with Gasteiger partial charge in [-0.3, -0.25) is 14.5 Å². The molecule has 5 rings (SSSR count). The number of carbonyl (C=O) groups is 2. The van der Waals surface area contributed by atoms with Gasteiger partial charge in [0.25, 0.3) is 0 Å². The fourth-order valence-corrected chi connectivity index (χ4v) is 6.85. The third-order valence-electron chi connectivity index (χ3n) is 9.13. The molecule has 7 nitrogen and oxygen atoms in total. The van der Waals surface area contributed by atoms with Crippen LogP contribution in [0, 0.1) is 0 Å². The average molecular weight is 630 g/mol. The van der Waals surface area contributed by atoms with Gasteiger partial charge in [0.1, 0.15) is 6.04 Å². The fourth-order valence-electron chi connectivity index (χ4n) is 6.72. The highest BCUT2D eigenvalue weighted by Gasteiger charge is 2.34. The molecule has 0 spiro atoms. The summed E-state index contributed by atoms with van der Waals surface area (Å²) in [7, 11) is 0. The lowest BCUT2D eigenvalue weighted by Crippen LogP contribution is -2.58. The van der Waals surface area contributed by atoms with Gasteiger partial charge in [-0.05, 0) is 66.7 Å².